The minimum Gasteiger partial charge on any atom is -0.437 e. The number of hydrogen-bond acceptors (Lipinski definition) is 3. The molecule has 0 spiro atoms. The molecule has 0 aliphatic heterocycles. The Labute approximate surface area is 109 Å². The zero-order chi connectivity index (χ0) is 12.3. The Morgan fingerprint density at radius 1 is 1.18 bits per heavy atom. The monoisotopic (exact) mass is 292 g/mol. The molecule has 88 valence electrons. The van der Waals surface area contributed by atoms with Crippen LogP contribution >= 0.6 is 15.9 Å². The molecule has 3 nitrogen and oxygen atoms in total. The van der Waals surface area contributed by atoms with Gasteiger partial charge in [0.25, 0.3) is 0 Å². The summed E-state index contributed by atoms with van der Waals surface area (Å²) in [5.74, 6) is 1.33. The van der Waals surface area contributed by atoms with Gasteiger partial charge >= 0.3 is 0 Å². The maximum absolute atomic E-state index is 5.67. The first kappa shape index (κ1) is 12.0. The molecule has 0 fully saturated rings. The maximum Gasteiger partial charge on any atom is 0.222 e. The average Bonchev–Trinajstić information content (AvgIpc) is 2.34. The molecule has 0 aliphatic rings. The van der Waals surface area contributed by atoms with Gasteiger partial charge in [-0.2, -0.15) is 0 Å². The van der Waals surface area contributed by atoms with Crippen LogP contribution in [0.25, 0.3) is 0 Å². The third kappa shape index (κ3) is 3.03. The van der Waals surface area contributed by atoms with Crippen LogP contribution in [0.2, 0.25) is 0 Å². The van der Waals surface area contributed by atoms with Crippen molar-refractivity contribution in [1.29, 1.82) is 0 Å². The van der Waals surface area contributed by atoms with Crippen LogP contribution in [0.1, 0.15) is 16.8 Å². The molecule has 0 saturated carbocycles. The van der Waals surface area contributed by atoms with E-state index in [0.29, 0.717) is 11.6 Å². The number of nitrogens with zero attached hydrogens (tertiary/aromatic N) is 2. The molecule has 4 heteroatoms. The van der Waals surface area contributed by atoms with Gasteiger partial charge in [-0.05, 0) is 37.6 Å². The van der Waals surface area contributed by atoms with Crippen molar-refractivity contribution in [2.75, 3.05) is 0 Å². The van der Waals surface area contributed by atoms with Gasteiger partial charge in [-0.15, -0.1) is 0 Å². The van der Waals surface area contributed by atoms with E-state index in [9.17, 15) is 0 Å². The van der Waals surface area contributed by atoms with Gasteiger partial charge in [-0.25, -0.2) is 4.98 Å². The summed E-state index contributed by atoms with van der Waals surface area (Å²) >= 11 is 3.40. The van der Waals surface area contributed by atoms with Crippen molar-refractivity contribution < 1.29 is 4.74 Å². The van der Waals surface area contributed by atoms with Gasteiger partial charge in [-0.1, -0.05) is 15.9 Å². The highest BCUT2D eigenvalue weighted by atomic mass is 79.9. The van der Waals surface area contributed by atoms with E-state index in [1.54, 1.807) is 12.4 Å². The van der Waals surface area contributed by atoms with E-state index in [-0.39, 0.29) is 0 Å². The van der Waals surface area contributed by atoms with E-state index >= 15 is 0 Å². The number of halogens is 1. The smallest absolute Gasteiger partial charge is 0.222 e. The molecule has 0 amide bonds. The summed E-state index contributed by atoms with van der Waals surface area (Å²) in [4.78, 5) is 8.47. The predicted octanol–water partition coefficient (Wildman–Crippen LogP) is 3.78. The molecular weight excluding hydrogens is 280 g/mol. The number of pyridine rings is 2. The lowest BCUT2D eigenvalue weighted by Gasteiger charge is -2.08. The molecule has 0 saturated heterocycles. The lowest BCUT2D eigenvalue weighted by atomic mass is 10.2. The molecular formula is C13H13BrN2O. The zero-order valence-electron chi connectivity index (χ0n) is 9.77. The molecule has 0 unspecified atom stereocenters. The second-order valence-electron chi connectivity index (χ2n) is 3.84. The van der Waals surface area contributed by atoms with Crippen LogP contribution in [-0.4, -0.2) is 9.97 Å². The summed E-state index contributed by atoms with van der Waals surface area (Å²) in [6.45, 7) is 3.92. The first-order chi connectivity index (χ1) is 8.19. The number of aromatic nitrogens is 2. The van der Waals surface area contributed by atoms with Crippen molar-refractivity contribution in [2.45, 2.75) is 19.2 Å². The fraction of sp³-hybridized carbons (Fsp3) is 0.231. The highest BCUT2D eigenvalue weighted by Crippen LogP contribution is 2.23. The molecule has 2 rings (SSSR count). The van der Waals surface area contributed by atoms with Crippen molar-refractivity contribution in [3.63, 3.8) is 0 Å². The van der Waals surface area contributed by atoms with Crippen molar-refractivity contribution in [3.8, 4) is 11.6 Å². The molecule has 17 heavy (non-hydrogen) atoms. The molecule has 0 bridgehead atoms. The van der Waals surface area contributed by atoms with E-state index in [0.717, 1.165) is 22.2 Å². The molecule has 0 N–H and O–H groups in total. The fourth-order valence-electron chi connectivity index (χ4n) is 1.43. The normalized spacial score (nSPS) is 10.3. The Balaban J connectivity index is 2.21. The second-order valence-corrected chi connectivity index (χ2v) is 4.40. The lowest BCUT2D eigenvalue weighted by Crippen LogP contribution is -1.93. The van der Waals surface area contributed by atoms with Crippen molar-refractivity contribution >= 4 is 15.9 Å². The molecule has 2 aromatic heterocycles. The zero-order valence-corrected chi connectivity index (χ0v) is 11.4. The number of alkyl halides is 1. The first-order valence-electron chi connectivity index (χ1n) is 5.31. The van der Waals surface area contributed by atoms with Crippen molar-refractivity contribution in [1.82, 2.24) is 9.97 Å². The Bertz CT molecular complexity index is 511. The van der Waals surface area contributed by atoms with Crippen molar-refractivity contribution in [3.05, 3.63) is 47.4 Å². The van der Waals surface area contributed by atoms with Gasteiger partial charge in [0.1, 0.15) is 5.75 Å². The molecule has 0 radical (unpaired) electrons. The highest BCUT2D eigenvalue weighted by Gasteiger charge is 2.04. The SMILES string of the molecule is Cc1ccc(Oc2ncc(CBr)cc2C)cn1. The number of hydrogen-bond donors (Lipinski definition) is 0. The van der Waals surface area contributed by atoms with Gasteiger partial charge in [0.2, 0.25) is 5.88 Å². The predicted molar refractivity (Wildman–Crippen MR) is 70.7 cm³/mol. The van der Waals surface area contributed by atoms with Crippen LogP contribution in [0.4, 0.5) is 0 Å². The summed E-state index contributed by atoms with van der Waals surface area (Å²) in [6, 6.07) is 5.86. The Hall–Kier alpha value is -1.42. The van der Waals surface area contributed by atoms with Gasteiger partial charge in [0.15, 0.2) is 0 Å². The summed E-state index contributed by atoms with van der Waals surface area (Å²) in [5, 5.41) is 0.799. The van der Waals surface area contributed by atoms with Crippen LogP contribution in [0.3, 0.4) is 0 Å². The average molecular weight is 293 g/mol. The van der Waals surface area contributed by atoms with E-state index in [1.807, 2.05) is 26.0 Å². The molecule has 0 aromatic carbocycles. The topological polar surface area (TPSA) is 35.0 Å². The van der Waals surface area contributed by atoms with Crippen molar-refractivity contribution in [2.24, 2.45) is 0 Å². The van der Waals surface area contributed by atoms with Crippen LogP contribution in [0, 0.1) is 13.8 Å². The summed E-state index contributed by atoms with van der Waals surface area (Å²) in [6.07, 6.45) is 3.51. The van der Waals surface area contributed by atoms with E-state index in [1.165, 1.54) is 0 Å². The minimum absolute atomic E-state index is 0.625. The summed E-state index contributed by atoms with van der Waals surface area (Å²) < 4.78 is 5.67. The van der Waals surface area contributed by atoms with Gasteiger partial charge in [0, 0.05) is 22.8 Å². The minimum atomic E-state index is 0.625. The molecule has 2 heterocycles. The van der Waals surface area contributed by atoms with Gasteiger partial charge < -0.3 is 4.74 Å². The second kappa shape index (κ2) is 5.27. The van der Waals surface area contributed by atoms with Crippen LogP contribution in [0.15, 0.2) is 30.6 Å². The number of aryl methyl sites for hydroxylation is 2. The Morgan fingerprint density at radius 2 is 2.00 bits per heavy atom. The van der Waals surface area contributed by atoms with E-state index in [2.05, 4.69) is 32.0 Å². The first-order valence-corrected chi connectivity index (χ1v) is 6.43. The molecule has 2 aromatic rings. The third-order valence-electron chi connectivity index (χ3n) is 2.34. The summed E-state index contributed by atoms with van der Waals surface area (Å²) in [7, 11) is 0. The van der Waals surface area contributed by atoms with Crippen LogP contribution in [0.5, 0.6) is 11.6 Å². The highest BCUT2D eigenvalue weighted by molar-refractivity contribution is 9.08. The van der Waals surface area contributed by atoms with E-state index < -0.39 is 0 Å². The van der Waals surface area contributed by atoms with Gasteiger partial charge in [0.05, 0.1) is 6.20 Å². The van der Waals surface area contributed by atoms with Gasteiger partial charge in [-0.3, -0.25) is 4.98 Å². The number of rotatable bonds is 3. The fourth-order valence-corrected chi connectivity index (χ4v) is 1.73. The number of ether oxygens (including phenoxy) is 1. The Kier molecular flexibility index (Phi) is 3.74. The van der Waals surface area contributed by atoms with Crippen LogP contribution in [-0.2, 0) is 5.33 Å². The van der Waals surface area contributed by atoms with E-state index in [4.69, 9.17) is 4.74 Å². The Morgan fingerprint density at radius 3 is 2.59 bits per heavy atom. The largest absolute Gasteiger partial charge is 0.437 e. The molecule has 0 atom stereocenters. The summed E-state index contributed by atoms with van der Waals surface area (Å²) in [5.41, 5.74) is 3.12. The third-order valence-corrected chi connectivity index (χ3v) is 2.99. The maximum atomic E-state index is 5.67. The quantitative estimate of drug-likeness (QED) is 0.808. The van der Waals surface area contributed by atoms with Crippen LogP contribution < -0.4 is 4.74 Å². The standard InChI is InChI=1S/C13H13BrN2O/c1-9-5-11(6-14)7-16-13(9)17-12-4-3-10(2)15-8-12/h3-5,7-8H,6H2,1-2H3. The lowest BCUT2D eigenvalue weighted by molar-refractivity contribution is 0.456. The molecule has 0 aliphatic carbocycles.